The lowest BCUT2D eigenvalue weighted by Crippen LogP contribution is -2.55. The summed E-state index contributed by atoms with van der Waals surface area (Å²) in [6.07, 6.45) is -2.32. The summed E-state index contributed by atoms with van der Waals surface area (Å²) in [6, 6.07) is 6.37. The van der Waals surface area contributed by atoms with Crippen molar-refractivity contribution in [3.8, 4) is 6.07 Å². The molecular weight excluding hydrogens is 458 g/mol. The lowest BCUT2D eigenvalue weighted by atomic mass is 9.75. The van der Waals surface area contributed by atoms with Gasteiger partial charge < -0.3 is 10.2 Å². The third-order valence-corrected chi connectivity index (χ3v) is 6.06. The summed E-state index contributed by atoms with van der Waals surface area (Å²) in [4.78, 5) is 19.5. The first-order chi connectivity index (χ1) is 15.5. The number of carbonyl (C=O) groups is 1. The minimum Gasteiger partial charge on any atom is -0.357 e. The van der Waals surface area contributed by atoms with Gasteiger partial charge in [-0.2, -0.15) is 18.4 Å². The molecule has 0 atom stereocenters. The van der Waals surface area contributed by atoms with E-state index in [-0.39, 0.29) is 16.5 Å². The molecule has 0 unspecified atom stereocenters. The highest BCUT2D eigenvalue weighted by Gasteiger charge is 2.59. The smallest absolute Gasteiger partial charge is 0.357 e. The van der Waals surface area contributed by atoms with Gasteiger partial charge in [0.15, 0.2) is 10.8 Å². The van der Waals surface area contributed by atoms with Gasteiger partial charge in [-0.15, -0.1) is 0 Å². The van der Waals surface area contributed by atoms with Gasteiger partial charge in [-0.3, -0.25) is 9.69 Å². The molecule has 1 amide bonds. The zero-order valence-electron chi connectivity index (χ0n) is 17.3. The number of rotatable bonds is 4. The molecule has 0 bridgehead atoms. The maximum absolute atomic E-state index is 14.7. The predicted octanol–water partition coefficient (Wildman–Crippen LogP) is 5.12. The molecule has 1 saturated heterocycles. The average molecular weight is 475 g/mol. The number of hydrogen-bond donors (Lipinski definition) is 1. The fourth-order valence-electron chi connectivity index (χ4n) is 4.06. The summed E-state index contributed by atoms with van der Waals surface area (Å²) in [5, 5.41) is 11.7. The van der Waals surface area contributed by atoms with Crippen LogP contribution >= 0.6 is 12.2 Å². The van der Waals surface area contributed by atoms with Gasteiger partial charge in [-0.25, -0.2) is 9.37 Å². The van der Waals surface area contributed by atoms with Crippen molar-refractivity contribution >= 4 is 40.3 Å². The van der Waals surface area contributed by atoms with Crippen molar-refractivity contribution in [1.29, 1.82) is 5.26 Å². The molecule has 1 aliphatic carbocycles. The summed E-state index contributed by atoms with van der Waals surface area (Å²) in [5.41, 5.74) is -2.36. The number of allylic oxidation sites excluding steroid dienone is 1. The van der Waals surface area contributed by atoms with E-state index in [4.69, 9.17) is 17.5 Å². The Morgan fingerprint density at radius 3 is 2.52 bits per heavy atom. The number of hydrogen-bond acceptors (Lipinski definition) is 5. The fourth-order valence-corrected chi connectivity index (χ4v) is 4.53. The van der Waals surface area contributed by atoms with E-state index in [9.17, 15) is 22.4 Å². The maximum Gasteiger partial charge on any atom is 0.419 e. The van der Waals surface area contributed by atoms with Crippen molar-refractivity contribution in [2.24, 2.45) is 0 Å². The average Bonchev–Trinajstić information content (AvgIpc) is 2.95. The van der Waals surface area contributed by atoms with Crippen LogP contribution < -0.4 is 15.1 Å². The van der Waals surface area contributed by atoms with Crippen molar-refractivity contribution in [2.45, 2.75) is 37.9 Å². The van der Waals surface area contributed by atoms with E-state index in [0.717, 1.165) is 11.1 Å². The number of nitriles is 1. The van der Waals surface area contributed by atoms with Crippen molar-refractivity contribution in [3.05, 3.63) is 59.8 Å². The Labute approximate surface area is 192 Å². The molecule has 6 nitrogen and oxygen atoms in total. The van der Waals surface area contributed by atoms with Crippen LogP contribution in [0.2, 0.25) is 0 Å². The van der Waals surface area contributed by atoms with Gasteiger partial charge in [0.25, 0.3) is 5.91 Å². The van der Waals surface area contributed by atoms with Crippen LogP contribution in [-0.4, -0.2) is 21.5 Å². The molecule has 1 aromatic carbocycles. The zero-order valence-corrected chi connectivity index (χ0v) is 18.1. The number of aromatic nitrogens is 1. The molecule has 33 heavy (non-hydrogen) atoms. The topological polar surface area (TPSA) is 72.3 Å². The van der Waals surface area contributed by atoms with Crippen molar-refractivity contribution in [3.63, 3.8) is 0 Å². The van der Waals surface area contributed by atoms with E-state index in [1.54, 1.807) is 13.0 Å². The van der Waals surface area contributed by atoms with Crippen LogP contribution in [0.4, 0.5) is 34.6 Å². The van der Waals surface area contributed by atoms with E-state index in [0.29, 0.717) is 36.7 Å². The number of thiocarbonyl (C=S) groups is 1. The maximum atomic E-state index is 14.7. The molecule has 2 heterocycles. The highest BCUT2D eigenvalue weighted by atomic mass is 32.1. The monoisotopic (exact) mass is 475 g/mol. The fraction of sp³-hybridized carbons (Fsp3) is 0.273. The van der Waals surface area contributed by atoms with Crippen LogP contribution in [0.25, 0.3) is 0 Å². The van der Waals surface area contributed by atoms with Crippen LogP contribution in [0.1, 0.15) is 37.4 Å². The van der Waals surface area contributed by atoms with Gasteiger partial charge in [-0.1, -0.05) is 6.58 Å². The second kappa shape index (κ2) is 7.81. The lowest BCUT2D eigenvalue weighted by Gasteiger charge is -2.43. The molecule has 1 aromatic heterocycles. The van der Waals surface area contributed by atoms with E-state index in [1.807, 2.05) is 0 Å². The molecule has 1 saturated carbocycles. The predicted molar refractivity (Wildman–Crippen MR) is 118 cm³/mol. The van der Waals surface area contributed by atoms with E-state index >= 15 is 0 Å². The second-order valence-corrected chi connectivity index (χ2v) is 8.28. The second-order valence-electron chi connectivity index (χ2n) is 7.91. The van der Waals surface area contributed by atoms with Crippen LogP contribution in [0, 0.1) is 17.1 Å². The molecule has 1 aliphatic heterocycles. The molecule has 2 aliphatic rings. The highest BCUT2D eigenvalue weighted by Crippen LogP contribution is 2.48. The number of nitrogens with one attached hydrogen (secondary N) is 1. The summed E-state index contributed by atoms with van der Waals surface area (Å²) >= 11 is 5.50. The quantitative estimate of drug-likeness (QED) is 0.489. The molecule has 0 radical (unpaired) electrons. The number of alkyl halides is 3. The Kier molecular flexibility index (Phi) is 5.36. The number of benzene rings is 1. The first-order valence-corrected chi connectivity index (χ1v) is 10.3. The van der Waals surface area contributed by atoms with Gasteiger partial charge in [0.1, 0.15) is 17.4 Å². The van der Waals surface area contributed by atoms with Crippen LogP contribution in [-0.2, 0) is 11.0 Å². The molecule has 2 fully saturated rings. The SMILES string of the molecule is C=C(C)Nc1ccc(N2C(=S)N(c3cnc(C#N)c(C(F)(F)F)c3)C(=O)C23CCC3)cc1F. The molecule has 170 valence electrons. The third kappa shape index (κ3) is 3.60. The minimum atomic E-state index is -4.85. The minimum absolute atomic E-state index is 0.0839. The Bertz CT molecular complexity index is 1230. The molecule has 11 heteroatoms. The number of carbonyl (C=O) groups excluding carboxylic acids is 1. The standard InChI is InChI=1S/C22H17F4N5OS/c1-12(2)29-17-5-4-13(9-16(17)23)31-20(33)30(19(32)21(31)6-3-7-21)14-8-15(22(24,25)26)18(10-27)28-11-14/h4-5,8-9,11,29H,1,3,6-7H2,2H3. The summed E-state index contributed by atoms with van der Waals surface area (Å²) in [6.45, 7) is 5.34. The Balaban J connectivity index is 1.79. The third-order valence-electron chi connectivity index (χ3n) is 5.69. The summed E-state index contributed by atoms with van der Waals surface area (Å²) in [5.74, 6) is -1.11. The van der Waals surface area contributed by atoms with Gasteiger partial charge in [0.05, 0.1) is 23.1 Å². The van der Waals surface area contributed by atoms with Gasteiger partial charge >= 0.3 is 6.18 Å². The first kappa shape index (κ1) is 22.7. The molecule has 1 N–H and O–H groups in total. The summed E-state index contributed by atoms with van der Waals surface area (Å²) < 4.78 is 55.1. The Morgan fingerprint density at radius 2 is 2.00 bits per heavy atom. The van der Waals surface area contributed by atoms with Crippen molar-refractivity contribution in [2.75, 3.05) is 15.1 Å². The highest BCUT2D eigenvalue weighted by molar-refractivity contribution is 7.81. The normalized spacial score (nSPS) is 17.2. The molecule has 2 aromatic rings. The zero-order chi connectivity index (χ0) is 24.1. The van der Waals surface area contributed by atoms with Gasteiger partial charge in [0, 0.05) is 11.4 Å². The van der Waals surface area contributed by atoms with Gasteiger partial charge in [0.2, 0.25) is 0 Å². The van der Waals surface area contributed by atoms with E-state index < -0.39 is 34.7 Å². The number of halogens is 4. The lowest BCUT2D eigenvalue weighted by molar-refractivity contribution is -0.138. The van der Waals surface area contributed by atoms with Crippen LogP contribution in [0.15, 0.2) is 42.7 Å². The number of anilines is 3. The molecule has 4 rings (SSSR count). The number of amides is 1. The van der Waals surface area contributed by atoms with E-state index in [1.165, 1.54) is 23.1 Å². The van der Waals surface area contributed by atoms with Crippen LogP contribution in [0.3, 0.4) is 0 Å². The Morgan fingerprint density at radius 1 is 1.30 bits per heavy atom. The van der Waals surface area contributed by atoms with Crippen molar-refractivity contribution in [1.82, 2.24) is 4.98 Å². The largest absolute Gasteiger partial charge is 0.419 e. The van der Waals surface area contributed by atoms with Crippen molar-refractivity contribution < 1.29 is 22.4 Å². The molecule has 1 spiro atoms. The summed E-state index contributed by atoms with van der Waals surface area (Å²) in [7, 11) is 0. The Hall–Kier alpha value is -3.52. The number of nitrogens with zero attached hydrogens (tertiary/aromatic N) is 4. The van der Waals surface area contributed by atoms with Gasteiger partial charge in [-0.05, 0) is 62.7 Å². The van der Waals surface area contributed by atoms with Crippen LogP contribution in [0.5, 0.6) is 0 Å². The first-order valence-electron chi connectivity index (χ1n) is 9.88. The number of pyridine rings is 1. The van der Waals surface area contributed by atoms with E-state index in [2.05, 4.69) is 16.9 Å². The molecular formula is C22H17F4N5OS.